The van der Waals surface area contributed by atoms with Gasteiger partial charge >= 0.3 is 5.97 Å². The number of amides is 1. The molecule has 5 rings (SSSR count). The van der Waals surface area contributed by atoms with E-state index in [1.807, 2.05) is 48.7 Å². The van der Waals surface area contributed by atoms with Crippen LogP contribution in [0.2, 0.25) is 5.02 Å². The molecule has 3 aromatic rings. The molecule has 1 atom stereocenters. The predicted octanol–water partition coefficient (Wildman–Crippen LogP) is 5.10. The Morgan fingerprint density at radius 1 is 1.03 bits per heavy atom. The van der Waals surface area contributed by atoms with Crippen LogP contribution < -0.4 is 9.47 Å². The highest BCUT2D eigenvalue weighted by Crippen LogP contribution is 2.43. The van der Waals surface area contributed by atoms with Crippen LogP contribution in [0.3, 0.4) is 0 Å². The zero-order valence-electron chi connectivity index (χ0n) is 21.1. The Morgan fingerprint density at radius 3 is 2.43 bits per heavy atom. The van der Waals surface area contributed by atoms with E-state index in [0.717, 1.165) is 22.5 Å². The zero-order chi connectivity index (χ0) is 26.5. The summed E-state index contributed by atoms with van der Waals surface area (Å²) in [7, 11) is 3.27. The van der Waals surface area contributed by atoms with Gasteiger partial charge in [0, 0.05) is 48.1 Å². The van der Waals surface area contributed by atoms with Crippen LogP contribution in [0.1, 0.15) is 42.7 Å². The third kappa shape index (κ3) is 5.76. The Kier molecular flexibility index (Phi) is 8.41. The minimum atomic E-state index is -0.738. The van der Waals surface area contributed by atoms with Crippen LogP contribution in [-0.4, -0.2) is 53.8 Å². The third-order valence-corrected chi connectivity index (χ3v) is 7.00. The monoisotopic (exact) mass is 526 g/mol. The first-order chi connectivity index (χ1) is 17.8. The number of carbonyl (C=O) groups is 2. The van der Waals surface area contributed by atoms with E-state index in [9.17, 15) is 9.59 Å². The minimum Gasteiger partial charge on any atom is -0.493 e. The molecule has 1 saturated heterocycles. The quantitative estimate of drug-likeness (QED) is 0.509. The number of hydrogen-bond donors (Lipinski definition) is 1. The molecule has 0 aliphatic carbocycles. The number of halogens is 1. The number of para-hydroxylation sites is 1. The summed E-state index contributed by atoms with van der Waals surface area (Å²) in [6.07, 6.45) is 2.92. The molecule has 0 spiro atoms. The lowest BCUT2D eigenvalue weighted by Crippen LogP contribution is -2.38. The van der Waals surface area contributed by atoms with E-state index in [1.165, 1.54) is 6.92 Å². The summed E-state index contributed by atoms with van der Waals surface area (Å²) < 4.78 is 19.5. The van der Waals surface area contributed by atoms with Crippen molar-refractivity contribution in [2.24, 2.45) is 5.92 Å². The Bertz CT molecular complexity index is 1240. The number of carbonyl (C=O) groups excluding carboxylic acids is 1. The molecule has 1 amide bonds. The van der Waals surface area contributed by atoms with Gasteiger partial charge < -0.3 is 28.8 Å². The maximum absolute atomic E-state index is 10.9. The summed E-state index contributed by atoms with van der Waals surface area (Å²) >= 11 is 6.30. The molecule has 0 saturated carbocycles. The first kappa shape index (κ1) is 26.6. The molecule has 196 valence electrons. The van der Waals surface area contributed by atoms with Gasteiger partial charge in [0.05, 0.1) is 32.4 Å². The van der Waals surface area contributed by atoms with Gasteiger partial charge in [-0.1, -0.05) is 23.7 Å². The summed E-state index contributed by atoms with van der Waals surface area (Å²) in [4.78, 5) is 23.1. The van der Waals surface area contributed by atoms with Crippen LogP contribution in [0.4, 0.5) is 0 Å². The Labute approximate surface area is 221 Å². The van der Waals surface area contributed by atoms with E-state index in [-0.39, 0.29) is 17.9 Å². The van der Waals surface area contributed by atoms with Crippen molar-refractivity contribution in [3.8, 4) is 17.2 Å². The number of aliphatic carboxylic acids is 1. The number of carboxylic acid groups (broad SMARTS) is 1. The van der Waals surface area contributed by atoms with Crippen molar-refractivity contribution in [3.63, 3.8) is 0 Å². The predicted molar refractivity (Wildman–Crippen MR) is 140 cm³/mol. The number of piperidine rings is 1. The van der Waals surface area contributed by atoms with Crippen molar-refractivity contribution in [1.29, 1.82) is 0 Å². The van der Waals surface area contributed by atoms with E-state index in [1.54, 1.807) is 19.1 Å². The second-order valence-electron chi connectivity index (χ2n) is 8.97. The van der Waals surface area contributed by atoms with Gasteiger partial charge in [-0.05, 0) is 49.2 Å². The largest absolute Gasteiger partial charge is 0.493 e. The highest BCUT2D eigenvalue weighted by molar-refractivity contribution is 6.30. The molecule has 3 heterocycles. The summed E-state index contributed by atoms with van der Waals surface area (Å²) in [6.45, 7) is 3.18. The summed E-state index contributed by atoms with van der Waals surface area (Å²) in [5.41, 5.74) is 4.05. The van der Waals surface area contributed by atoms with Crippen LogP contribution in [0, 0.1) is 5.92 Å². The molecule has 37 heavy (non-hydrogen) atoms. The number of nitrogens with zero attached hydrogens (tertiary/aromatic N) is 2. The maximum atomic E-state index is 10.9. The second kappa shape index (κ2) is 11.7. The minimum absolute atomic E-state index is 0.0406. The fraction of sp³-hybridized carbons (Fsp3) is 0.357. The first-order valence-corrected chi connectivity index (χ1v) is 12.5. The molecule has 1 aromatic heterocycles. The number of methoxy groups -OCH3 is 2. The van der Waals surface area contributed by atoms with Gasteiger partial charge in [0.1, 0.15) is 6.10 Å². The molecule has 0 unspecified atom stereocenters. The molecule has 8 nitrogen and oxygen atoms in total. The lowest BCUT2D eigenvalue weighted by Gasteiger charge is -2.28. The SMILES string of the molecule is CC(=O)N1CCC(C(=O)O)CC1.COc1cccc([C@H]2OCc3cccn3-c3ccc(Cl)cc32)c1OC. The number of carboxylic acids is 1. The highest BCUT2D eigenvalue weighted by atomic mass is 35.5. The van der Waals surface area contributed by atoms with Crippen LogP contribution in [0.15, 0.2) is 54.7 Å². The average Bonchev–Trinajstić information content (AvgIpc) is 3.31. The van der Waals surface area contributed by atoms with Gasteiger partial charge in [0.25, 0.3) is 0 Å². The summed E-state index contributed by atoms with van der Waals surface area (Å²) in [5, 5.41) is 9.33. The molecule has 0 radical (unpaired) electrons. The van der Waals surface area contributed by atoms with Crippen LogP contribution in [-0.2, 0) is 20.9 Å². The second-order valence-corrected chi connectivity index (χ2v) is 9.40. The van der Waals surface area contributed by atoms with Gasteiger partial charge in [0.2, 0.25) is 5.91 Å². The summed E-state index contributed by atoms with van der Waals surface area (Å²) in [6, 6.07) is 15.8. The summed E-state index contributed by atoms with van der Waals surface area (Å²) in [5.74, 6) is 0.404. The number of likely N-dealkylation sites (tertiary alicyclic amines) is 1. The molecule has 9 heteroatoms. The van der Waals surface area contributed by atoms with E-state index in [4.69, 9.17) is 30.9 Å². The highest BCUT2D eigenvalue weighted by Gasteiger charge is 2.28. The molecule has 2 aliphatic heterocycles. The molecular formula is C28H31ClN2O6. The van der Waals surface area contributed by atoms with Crippen LogP contribution in [0.25, 0.3) is 5.69 Å². The van der Waals surface area contributed by atoms with Crippen molar-refractivity contribution >= 4 is 23.5 Å². The first-order valence-electron chi connectivity index (χ1n) is 12.1. The lowest BCUT2D eigenvalue weighted by atomic mass is 9.97. The van der Waals surface area contributed by atoms with E-state index in [2.05, 4.69) is 10.6 Å². The fourth-order valence-electron chi connectivity index (χ4n) is 4.80. The molecule has 0 bridgehead atoms. The van der Waals surface area contributed by atoms with Crippen molar-refractivity contribution < 1.29 is 28.9 Å². The molecule has 2 aromatic carbocycles. The van der Waals surface area contributed by atoms with Crippen molar-refractivity contribution in [3.05, 3.63) is 76.6 Å². The van der Waals surface area contributed by atoms with Crippen molar-refractivity contribution in [2.45, 2.75) is 32.5 Å². The van der Waals surface area contributed by atoms with E-state index in [0.29, 0.717) is 49.1 Å². The Morgan fingerprint density at radius 2 is 1.78 bits per heavy atom. The maximum Gasteiger partial charge on any atom is 0.306 e. The zero-order valence-corrected chi connectivity index (χ0v) is 21.9. The van der Waals surface area contributed by atoms with Crippen molar-refractivity contribution in [1.82, 2.24) is 9.47 Å². The molecule has 1 fully saturated rings. The van der Waals surface area contributed by atoms with Crippen molar-refractivity contribution in [2.75, 3.05) is 27.3 Å². The van der Waals surface area contributed by atoms with Gasteiger partial charge in [0.15, 0.2) is 11.5 Å². The number of benzene rings is 2. The number of rotatable bonds is 4. The van der Waals surface area contributed by atoms with E-state index >= 15 is 0 Å². The third-order valence-electron chi connectivity index (χ3n) is 6.77. The number of ether oxygens (including phenoxy) is 3. The lowest BCUT2D eigenvalue weighted by molar-refractivity contribution is -0.145. The Hall–Kier alpha value is -3.49. The fourth-order valence-corrected chi connectivity index (χ4v) is 4.98. The standard InChI is InChI=1S/C20H18ClNO3.C8H13NO3/c1-23-18-7-3-6-15(20(18)24-2)19-16-11-13(21)8-9-17(16)22-10-4-5-14(22)12-25-19;1-6(10)9-4-2-7(3-5-9)8(11)12/h3-11,19H,12H2,1-2H3;7H,2-5H2,1H3,(H,11,12)/t19-;/m1./s1. The molecule has 2 aliphatic rings. The number of fused-ring (bicyclic) bond motifs is 3. The van der Waals surface area contributed by atoms with Gasteiger partial charge in [-0.15, -0.1) is 0 Å². The smallest absolute Gasteiger partial charge is 0.306 e. The van der Waals surface area contributed by atoms with Crippen LogP contribution in [0.5, 0.6) is 11.5 Å². The van der Waals surface area contributed by atoms with Gasteiger partial charge in [-0.2, -0.15) is 0 Å². The molecule has 1 N–H and O–H groups in total. The topological polar surface area (TPSA) is 90.2 Å². The number of hydrogen-bond acceptors (Lipinski definition) is 5. The van der Waals surface area contributed by atoms with Gasteiger partial charge in [-0.25, -0.2) is 0 Å². The number of aromatic nitrogens is 1. The van der Waals surface area contributed by atoms with Crippen LogP contribution >= 0.6 is 11.6 Å². The van der Waals surface area contributed by atoms with Gasteiger partial charge in [-0.3, -0.25) is 9.59 Å². The average molecular weight is 527 g/mol. The Balaban J connectivity index is 0.000000225. The molecular weight excluding hydrogens is 496 g/mol. The van der Waals surface area contributed by atoms with E-state index < -0.39 is 5.97 Å². The normalized spacial score (nSPS) is 17.0.